The Kier molecular flexibility index (Phi) is 6.17. The van der Waals surface area contributed by atoms with Gasteiger partial charge in [0.1, 0.15) is 0 Å². The lowest BCUT2D eigenvalue weighted by Gasteiger charge is -2.22. The van der Waals surface area contributed by atoms with Gasteiger partial charge in [-0.2, -0.15) is 0 Å². The second kappa shape index (κ2) is 6.30. The highest BCUT2D eigenvalue weighted by Gasteiger charge is 2.11. The monoisotopic (exact) mass is 180 g/mol. The Bertz CT molecular complexity index is 99.7. The van der Waals surface area contributed by atoms with Crippen molar-refractivity contribution in [1.29, 1.82) is 0 Å². The van der Waals surface area contributed by atoms with Gasteiger partial charge in [0.25, 0.3) is 0 Å². The van der Waals surface area contributed by atoms with Crippen LogP contribution in [0.3, 0.4) is 0 Å². The van der Waals surface area contributed by atoms with Gasteiger partial charge in [-0.05, 0) is 0 Å². The highest BCUT2D eigenvalue weighted by atomic mass is 16.5. The minimum Gasteiger partial charge on any atom is -0.367 e. The lowest BCUT2D eigenvalue weighted by atomic mass is 10.4. The van der Waals surface area contributed by atoms with Crippen LogP contribution in [-0.4, -0.2) is 64.1 Å². The minimum atomic E-state index is -1.48. The molecule has 0 aromatic carbocycles. The average molecular weight is 180 g/mol. The molecule has 0 bridgehead atoms. The number of aliphatic hydroxyl groups is 4. The maximum absolute atomic E-state index is 8.57. The highest BCUT2D eigenvalue weighted by molar-refractivity contribution is 4.59. The van der Waals surface area contributed by atoms with E-state index in [0.717, 1.165) is 0 Å². The average Bonchev–Trinajstić information content (AvgIpc) is 1.84. The predicted molar refractivity (Wildman–Crippen MR) is 41.9 cm³/mol. The fourth-order valence-electron chi connectivity index (χ4n) is 0.902. The van der Waals surface area contributed by atoms with Gasteiger partial charge < -0.3 is 26.2 Å². The molecule has 0 saturated heterocycles. The van der Waals surface area contributed by atoms with Crippen LogP contribution in [0.15, 0.2) is 0 Å². The molecule has 0 amide bonds. The van der Waals surface area contributed by atoms with Gasteiger partial charge in [-0.1, -0.05) is 0 Å². The molecule has 12 heavy (non-hydrogen) atoms. The number of hydrogen-bond acceptors (Lipinski definition) is 6. The quantitative estimate of drug-likeness (QED) is 0.276. The summed E-state index contributed by atoms with van der Waals surface area (Å²) in [5, 5.41) is 34.3. The molecular formula is C6H16N2O4. The fraction of sp³-hybridized carbons (Fsp3) is 1.00. The summed E-state index contributed by atoms with van der Waals surface area (Å²) in [6, 6.07) is 0. The summed E-state index contributed by atoms with van der Waals surface area (Å²) >= 11 is 0. The first-order chi connectivity index (χ1) is 5.56. The molecule has 0 aromatic rings. The van der Waals surface area contributed by atoms with Gasteiger partial charge in [0, 0.05) is 26.2 Å². The van der Waals surface area contributed by atoms with Crippen LogP contribution in [0.2, 0.25) is 0 Å². The second-order valence-electron chi connectivity index (χ2n) is 2.51. The fourth-order valence-corrected chi connectivity index (χ4v) is 0.902. The van der Waals surface area contributed by atoms with Crippen LogP contribution >= 0.6 is 0 Å². The van der Waals surface area contributed by atoms with Gasteiger partial charge in [-0.25, -0.2) is 0 Å². The lowest BCUT2D eigenvalue weighted by molar-refractivity contribution is -0.0937. The highest BCUT2D eigenvalue weighted by Crippen LogP contribution is 1.91. The molecule has 0 spiro atoms. The third-order valence-electron chi connectivity index (χ3n) is 1.29. The van der Waals surface area contributed by atoms with E-state index in [4.69, 9.17) is 26.2 Å². The van der Waals surface area contributed by atoms with E-state index >= 15 is 0 Å². The molecule has 6 N–H and O–H groups in total. The molecule has 6 heteroatoms. The first kappa shape index (κ1) is 11.8. The third-order valence-corrected chi connectivity index (χ3v) is 1.29. The maximum atomic E-state index is 8.57. The Labute approximate surface area is 70.8 Å². The first-order valence-corrected chi connectivity index (χ1v) is 3.71. The number of nitrogens with zero attached hydrogens (tertiary/aromatic N) is 1. The van der Waals surface area contributed by atoms with Crippen LogP contribution in [0.4, 0.5) is 0 Å². The van der Waals surface area contributed by atoms with Crippen LogP contribution < -0.4 is 5.73 Å². The Hall–Kier alpha value is -0.240. The molecule has 0 fully saturated rings. The van der Waals surface area contributed by atoms with E-state index < -0.39 is 12.6 Å². The largest absolute Gasteiger partial charge is 0.367 e. The SMILES string of the molecule is NCCN(CC(O)O)CC(O)O. The van der Waals surface area contributed by atoms with Crippen LogP contribution in [0.25, 0.3) is 0 Å². The number of aliphatic hydroxyl groups excluding tert-OH is 2. The third kappa shape index (κ3) is 6.47. The lowest BCUT2D eigenvalue weighted by Crippen LogP contribution is -2.40. The van der Waals surface area contributed by atoms with Crippen LogP contribution in [0, 0.1) is 0 Å². The summed E-state index contributed by atoms with van der Waals surface area (Å²) in [5.74, 6) is 0. The molecule has 0 aliphatic heterocycles. The topological polar surface area (TPSA) is 110 Å². The molecule has 0 radical (unpaired) electrons. The summed E-state index contributed by atoms with van der Waals surface area (Å²) < 4.78 is 0. The molecule has 0 atom stereocenters. The zero-order valence-electron chi connectivity index (χ0n) is 6.80. The number of rotatable bonds is 6. The normalized spacial score (nSPS) is 12.0. The van der Waals surface area contributed by atoms with Crippen molar-refractivity contribution in [3.8, 4) is 0 Å². The zero-order valence-corrected chi connectivity index (χ0v) is 6.80. The number of nitrogens with two attached hydrogens (primary N) is 1. The molecule has 74 valence electrons. The van der Waals surface area contributed by atoms with Crippen molar-refractivity contribution >= 4 is 0 Å². The van der Waals surface area contributed by atoms with Gasteiger partial charge in [-0.15, -0.1) is 0 Å². The maximum Gasteiger partial charge on any atom is 0.164 e. The van der Waals surface area contributed by atoms with E-state index in [0.29, 0.717) is 13.1 Å². The van der Waals surface area contributed by atoms with Crippen molar-refractivity contribution in [2.45, 2.75) is 12.6 Å². The van der Waals surface area contributed by atoms with E-state index in [-0.39, 0.29) is 13.1 Å². The van der Waals surface area contributed by atoms with Gasteiger partial charge in [-0.3, -0.25) is 4.90 Å². The van der Waals surface area contributed by atoms with Crippen molar-refractivity contribution in [2.75, 3.05) is 26.2 Å². The van der Waals surface area contributed by atoms with Gasteiger partial charge >= 0.3 is 0 Å². The van der Waals surface area contributed by atoms with Crippen molar-refractivity contribution in [3.05, 3.63) is 0 Å². The summed E-state index contributed by atoms with van der Waals surface area (Å²) in [6.07, 6.45) is -2.95. The Morgan fingerprint density at radius 3 is 1.67 bits per heavy atom. The standard InChI is InChI=1S/C6H16N2O4/c7-1-2-8(3-5(9)10)4-6(11)12/h5-6,9-12H,1-4,7H2. The van der Waals surface area contributed by atoms with Gasteiger partial charge in [0.2, 0.25) is 0 Å². The Morgan fingerprint density at radius 1 is 1.00 bits per heavy atom. The molecule has 0 unspecified atom stereocenters. The summed E-state index contributed by atoms with van der Waals surface area (Å²) in [5.41, 5.74) is 5.21. The van der Waals surface area contributed by atoms with Crippen LogP contribution in [0.1, 0.15) is 0 Å². The van der Waals surface area contributed by atoms with E-state index in [1.807, 2.05) is 0 Å². The summed E-state index contributed by atoms with van der Waals surface area (Å²) in [7, 11) is 0. The smallest absolute Gasteiger partial charge is 0.164 e. The van der Waals surface area contributed by atoms with Crippen molar-refractivity contribution in [2.24, 2.45) is 5.73 Å². The molecule has 0 aliphatic rings. The Balaban J connectivity index is 3.69. The zero-order chi connectivity index (χ0) is 9.56. The molecule has 0 heterocycles. The van der Waals surface area contributed by atoms with Crippen molar-refractivity contribution in [3.63, 3.8) is 0 Å². The van der Waals surface area contributed by atoms with E-state index in [1.165, 1.54) is 4.90 Å². The summed E-state index contributed by atoms with van der Waals surface area (Å²) in [4.78, 5) is 1.45. The van der Waals surface area contributed by atoms with E-state index in [9.17, 15) is 0 Å². The van der Waals surface area contributed by atoms with E-state index in [2.05, 4.69) is 0 Å². The molecule has 0 aliphatic carbocycles. The Morgan fingerprint density at radius 2 is 1.42 bits per heavy atom. The van der Waals surface area contributed by atoms with E-state index in [1.54, 1.807) is 0 Å². The van der Waals surface area contributed by atoms with Gasteiger partial charge in [0.05, 0.1) is 0 Å². The van der Waals surface area contributed by atoms with Crippen LogP contribution in [0.5, 0.6) is 0 Å². The van der Waals surface area contributed by atoms with Crippen LogP contribution in [-0.2, 0) is 0 Å². The predicted octanol–water partition coefficient (Wildman–Crippen LogP) is -3.13. The van der Waals surface area contributed by atoms with Crippen molar-refractivity contribution < 1.29 is 20.4 Å². The molecule has 0 rings (SSSR count). The summed E-state index contributed by atoms with van der Waals surface area (Å²) in [6.45, 7) is 0.665. The molecule has 0 aromatic heterocycles. The first-order valence-electron chi connectivity index (χ1n) is 3.71. The second-order valence-corrected chi connectivity index (χ2v) is 2.51. The van der Waals surface area contributed by atoms with Crippen molar-refractivity contribution in [1.82, 2.24) is 4.90 Å². The molecule has 0 saturated carbocycles. The number of hydrogen-bond donors (Lipinski definition) is 5. The van der Waals surface area contributed by atoms with Gasteiger partial charge in [0.15, 0.2) is 12.6 Å². The molecular weight excluding hydrogens is 164 g/mol. The minimum absolute atomic E-state index is 0.0329. The molecule has 6 nitrogen and oxygen atoms in total.